The number of nitriles is 1. The summed E-state index contributed by atoms with van der Waals surface area (Å²) in [5.74, 6) is -0.536. The van der Waals surface area contributed by atoms with Crippen molar-refractivity contribution in [3.05, 3.63) is 77.5 Å². The second kappa shape index (κ2) is 6.98. The summed E-state index contributed by atoms with van der Waals surface area (Å²) in [6.07, 6.45) is 6.83. The number of nitrogens with zero attached hydrogens (tertiary/aromatic N) is 4. The number of ketones is 1. The first kappa shape index (κ1) is 19.4. The summed E-state index contributed by atoms with van der Waals surface area (Å²) in [4.78, 5) is 16.8. The van der Waals surface area contributed by atoms with Crippen molar-refractivity contribution in [2.45, 2.75) is 32.1 Å². The van der Waals surface area contributed by atoms with E-state index in [0.717, 1.165) is 41.0 Å². The Kier molecular flexibility index (Phi) is 4.37. The molecule has 5 rings (SSSR count). The van der Waals surface area contributed by atoms with Gasteiger partial charge in [0.1, 0.15) is 11.9 Å². The lowest BCUT2D eigenvalue weighted by molar-refractivity contribution is -0.121. The van der Waals surface area contributed by atoms with E-state index < -0.39 is 5.41 Å². The van der Waals surface area contributed by atoms with Crippen molar-refractivity contribution in [3.63, 3.8) is 0 Å². The number of hydrogen-bond acceptors (Lipinski definition) is 4. The SMILES string of the molecule is C[C@H]1C(=O)C(C#N)=C[C@@]2(C)c3nn(-c4ccncc4)c(-c4ccc(F)cc4)c3CC[C@H]12. The van der Waals surface area contributed by atoms with Gasteiger partial charge in [0.15, 0.2) is 5.78 Å². The van der Waals surface area contributed by atoms with Gasteiger partial charge in [0.25, 0.3) is 0 Å². The number of fused-ring (bicyclic) bond motifs is 3. The summed E-state index contributed by atoms with van der Waals surface area (Å²) >= 11 is 0. The molecule has 0 radical (unpaired) electrons. The first-order valence-corrected chi connectivity index (χ1v) is 10.4. The quantitative estimate of drug-likeness (QED) is 0.619. The summed E-state index contributed by atoms with van der Waals surface area (Å²) in [7, 11) is 0. The zero-order chi connectivity index (χ0) is 21.8. The van der Waals surface area contributed by atoms with Gasteiger partial charge < -0.3 is 0 Å². The van der Waals surface area contributed by atoms with E-state index in [1.807, 2.05) is 29.8 Å². The van der Waals surface area contributed by atoms with Crippen LogP contribution in [0.2, 0.25) is 0 Å². The number of hydrogen-bond donors (Lipinski definition) is 0. The van der Waals surface area contributed by atoms with E-state index in [1.165, 1.54) is 12.1 Å². The molecule has 6 heteroatoms. The molecule has 0 bridgehead atoms. The van der Waals surface area contributed by atoms with E-state index in [2.05, 4.69) is 18.0 Å². The molecule has 2 aromatic heterocycles. The van der Waals surface area contributed by atoms with Crippen molar-refractivity contribution >= 4 is 5.78 Å². The summed E-state index contributed by atoms with van der Waals surface area (Å²) in [6.45, 7) is 4.00. The number of rotatable bonds is 2. The molecule has 3 aromatic rings. The van der Waals surface area contributed by atoms with Crippen molar-refractivity contribution in [1.82, 2.24) is 14.8 Å². The molecule has 0 amide bonds. The van der Waals surface area contributed by atoms with Crippen LogP contribution in [0.25, 0.3) is 16.9 Å². The van der Waals surface area contributed by atoms with E-state index in [9.17, 15) is 14.4 Å². The van der Waals surface area contributed by atoms with Crippen LogP contribution in [0, 0.1) is 29.0 Å². The van der Waals surface area contributed by atoms with Crippen LogP contribution in [-0.4, -0.2) is 20.5 Å². The minimum absolute atomic E-state index is 0.0754. The maximum atomic E-state index is 13.6. The number of carbonyl (C=O) groups excluding carboxylic acids is 1. The first-order chi connectivity index (χ1) is 14.9. The highest BCUT2D eigenvalue weighted by molar-refractivity contribution is 6.02. The van der Waals surface area contributed by atoms with Crippen molar-refractivity contribution in [3.8, 4) is 23.0 Å². The molecule has 0 unspecified atom stereocenters. The largest absolute Gasteiger partial charge is 0.293 e. The Labute approximate surface area is 179 Å². The van der Waals surface area contributed by atoms with Gasteiger partial charge in [0.05, 0.1) is 22.6 Å². The summed E-state index contributed by atoms with van der Waals surface area (Å²) in [5.41, 5.74) is 4.29. The van der Waals surface area contributed by atoms with Gasteiger partial charge in [-0.2, -0.15) is 10.4 Å². The number of pyridine rings is 1. The number of allylic oxidation sites excluding steroid dienone is 2. The fourth-order valence-electron chi connectivity index (χ4n) is 5.30. The molecular formula is C25H21FN4O. The maximum absolute atomic E-state index is 13.6. The monoisotopic (exact) mass is 412 g/mol. The molecular weight excluding hydrogens is 391 g/mol. The Hall–Kier alpha value is -3.59. The van der Waals surface area contributed by atoms with Crippen LogP contribution in [0.5, 0.6) is 0 Å². The predicted molar refractivity (Wildman–Crippen MR) is 114 cm³/mol. The van der Waals surface area contributed by atoms with E-state index in [0.29, 0.717) is 0 Å². The molecule has 0 spiro atoms. The van der Waals surface area contributed by atoms with E-state index in [1.54, 1.807) is 24.5 Å². The Morgan fingerprint density at radius 3 is 2.58 bits per heavy atom. The van der Waals surface area contributed by atoms with Gasteiger partial charge in [-0.05, 0) is 55.2 Å². The maximum Gasteiger partial charge on any atom is 0.176 e. The number of Topliss-reactive ketones (excluding diaryl/α,β-unsaturated/α-hetero) is 1. The lowest BCUT2D eigenvalue weighted by Gasteiger charge is -2.44. The molecule has 0 saturated carbocycles. The molecule has 5 nitrogen and oxygen atoms in total. The highest BCUT2D eigenvalue weighted by Gasteiger charge is 2.50. The summed E-state index contributed by atoms with van der Waals surface area (Å²) in [6, 6.07) is 12.3. The fraction of sp³-hybridized carbons (Fsp3) is 0.280. The molecule has 0 N–H and O–H groups in total. The van der Waals surface area contributed by atoms with Crippen molar-refractivity contribution in [2.24, 2.45) is 11.8 Å². The second-order valence-corrected chi connectivity index (χ2v) is 8.55. The number of aromatic nitrogens is 3. The first-order valence-electron chi connectivity index (χ1n) is 10.4. The highest BCUT2D eigenvalue weighted by atomic mass is 19.1. The molecule has 0 aliphatic heterocycles. The van der Waals surface area contributed by atoms with Crippen LogP contribution in [0.15, 0.2) is 60.4 Å². The minimum atomic E-state index is -0.529. The van der Waals surface area contributed by atoms with Crippen LogP contribution in [0.3, 0.4) is 0 Å². The van der Waals surface area contributed by atoms with Gasteiger partial charge in [-0.25, -0.2) is 9.07 Å². The van der Waals surface area contributed by atoms with Gasteiger partial charge in [-0.3, -0.25) is 9.78 Å². The lowest BCUT2D eigenvalue weighted by atomic mass is 9.58. The smallest absolute Gasteiger partial charge is 0.176 e. The van der Waals surface area contributed by atoms with Gasteiger partial charge in [0.2, 0.25) is 0 Å². The van der Waals surface area contributed by atoms with Crippen molar-refractivity contribution in [1.29, 1.82) is 5.26 Å². The van der Waals surface area contributed by atoms with Crippen LogP contribution >= 0.6 is 0 Å². The lowest BCUT2D eigenvalue weighted by Crippen LogP contribution is -2.45. The van der Waals surface area contributed by atoms with Crippen LogP contribution in [0.1, 0.15) is 31.5 Å². The number of benzene rings is 1. The third-order valence-corrected chi connectivity index (χ3v) is 6.84. The average molecular weight is 412 g/mol. The van der Waals surface area contributed by atoms with Crippen molar-refractivity contribution < 1.29 is 9.18 Å². The highest BCUT2D eigenvalue weighted by Crippen LogP contribution is 2.51. The number of carbonyl (C=O) groups is 1. The Morgan fingerprint density at radius 1 is 1.19 bits per heavy atom. The molecule has 154 valence electrons. The Balaban J connectivity index is 1.80. The van der Waals surface area contributed by atoms with Crippen LogP contribution < -0.4 is 0 Å². The molecule has 2 aliphatic rings. The van der Waals surface area contributed by atoms with Gasteiger partial charge >= 0.3 is 0 Å². The van der Waals surface area contributed by atoms with Gasteiger partial charge in [-0.15, -0.1) is 0 Å². The molecule has 2 aliphatic carbocycles. The zero-order valence-electron chi connectivity index (χ0n) is 17.3. The molecule has 2 heterocycles. The fourth-order valence-corrected chi connectivity index (χ4v) is 5.30. The van der Waals surface area contributed by atoms with Crippen LogP contribution in [0.4, 0.5) is 4.39 Å². The minimum Gasteiger partial charge on any atom is -0.293 e. The van der Waals surface area contributed by atoms with Gasteiger partial charge in [0, 0.05) is 34.9 Å². The molecule has 0 fully saturated rings. The third-order valence-electron chi connectivity index (χ3n) is 6.84. The molecule has 0 saturated heterocycles. The molecule has 3 atom stereocenters. The standard InChI is InChI=1S/C25H21FN4O/c1-15-21-8-7-20-22(16-3-5-18(26)6-4-16)30(19-9-11-28-12-10-19)29-24(20)25(21,2)13-17(14-27)23(15)31/h3-6,9-13,15,21H,7-8H2,1-2H3/t15-,21-,25-/m1/s1. The Morgan fingerprint density at radius 2 is 1.90 bits per heavy atom. The average Bonchev–Trinajstić information content (AvgIpc) is 3.18. The molecule has 31 heavy (non-hydrogen) atoms. The van der Waals surface area contributed by atoms with E-state index >= 15 is 0 Å². The topological polar surface area (TPSA) is 71.6 Å². The van der Waals surface area contributed by atoms with E-state index in [-0.39, 0.29) is 29.0 Å². The Bertz CT molecular complexity index is 1250. The summed E-state index contributed by atoms with van der Waals surface area (Å²) < 4.78 is 15.5. The summed E-state index contributed by atoms with van der Waals surface area (Å²) in [5, 5.41) is 14.6. The molecule has 1 aromatic carbocycles. The van der Waals surface area contributed by atoms with Gasteiger partial charge in [-0.1, -0.05) is 19.9 Å². The third kappa shape index (κ3) is 2.84. The zero-order valence-corrected chi connectivity index (χ0v) is 17.3. The second-order valence-electron chi connectivity index (χ2n) is 8.55. The van der Waals surface area contributed by atoms with Crippen molar-refractivity contribution in [2.75, 3.05) is 0 Å². The van der Waals surface area contributed by atoms with Crippen LogP contribution in [-0.2, 0) is 16.6 Å². The van der Waals surface area contributed by atoms with E-state index in [4.69, 9.17) is 5.10 Å². The predicted octanol–water partition coefficient (Wildman–Crippen LogP) is 4.56. The number of halogens is 1. The normalized spacial score (nSPS) is 24.7.